The van der Waals surface area contributed by atoms with Crippen LogP contribution in [0.15, 0.2) is 83.9 Å². The van der Waals surface area contributed by atoms with Gasteiger partial charge < -0.3 is 9.88 Å². The van der Waals surface area contributed by atoms with E-state index in [0.29, 0.717) is 6.54 Å². The normalized spacial score (nSPS) is 12.9. The van der Waals surface area contributed by atoms with Crippen LogP contribution in [0.4, 0.5) is 0 Å². The lowest BCUT2D eigenvalue weighted by Gasteiger charge is -2.22. The number of sulfonamides is 1. The molecule has 0 radical (unpaired) electrons. The van der Waals surface area contributed by atoms with Crippen LogP contribution >= 0.6 is 0 Å². The Bertz CT molecular complexity index is 1380. The van der Waals surface area contributed by atoms with Crippen molar-refractivity contribution in [3.8, 4) is 0 Å². The highest BCUT2D eigenvalue weighted by Crippen LogP contribution is 2.20. The van der Waals surface area contributed by atoms with E-state index in [2.05, 4.69) is 32.8 Å². The monoisotopic (exact) mass is 463 g/mol. The van der Waals surface area contributed by atoms with E-state index >= 15 is 0 Å². The van der Waals surface area contributed by atoms with E-state index in [0.717, 1.165) is 29.3 Å². The average molecular weight is 464 g/mol. The molecule has 1 heterocycles. The van der Waals surface area contributed by atoms with Crippen molar-refractivity contribution < 1.29 is 13.2 Å². The fourth-order valence-electron chi connectivity index (χ4n) is 3.97. The van der Waals surface area contributed by atoms with Crippen LogP contribution in [0, 0.1) is 5.92 Å². The van der Waals surface area contributed by atoms with Crippen molar-refractivity contribution in [2.24, 2.45) is 5.92 Å². The van der Waals surface area contributed by atoms with Crippen molar-refractivity contribution in [1.29, 1.82) is 0 Å². The van der Waals surface area contributed by atoms with Crippen molar-refractivity contribution in [2.75, 3.05) is 6.54 Å². The van der Waals surface area contributed by atoms with Gasteiger partial charge >= 0.3 is 0 Å². The molecule has 0 aliphatic rings. The molecule has 1 atom stereocenters. The first-order chi connectivity index (χ1) is 15.8. The first-order valence-corrected chi connectivity index (χ1v) is 12.7. The molecule has 6 nitrogen and oxygen atoms in total. The Kier molecular flexibility index (Phi) is 6.81. The summed E-state index contributed by atoms with van der Waals surface area (Å²) < 4.78 is 30.8. The van der Waals surface area contributed by atoms with Gasteiger partial charge in [-0.1, -0.05) is 62.4 Å². The summed E-state index contributed by atoms with van der Waals surface area (Å²) in [6.45, 7) is 4.90. The van der Waals surface area contributed by atoms with Crippen molar-refractivity contribution in [3.63, 3.8) is 0 Å². The Hall–Kier alpha value is -3.16. The minimum absolute atomic E-state index is 0.152. The number of hydrogen-bond donors (Lipinski definition) is 2. The number of rotatable bonds is 9. The van der Waals surface area contributed by atoms with Crippen molar-refractivity contribution in [1.82, 2.24) is 14.6 Å². The van der Waals surface area contributed by atoms with Crippen LogP contribution in [-0.4, -0.2) is 31.5 Å². The molecule has 4 aromatic rings. The number of nitrogens with zero attached hydrogens (tertiary/aromatic N) is 1. The lowest BCUT2D eigenvalue weighted by atomic mass is 10.1. The molecule has 33 heavy (non-hydrogen) atoms. The Morgan fingerprint density at radius 2 is 1.61 bits per heavy atom. The van der Waals surface area contributed by atoms with Crippen LogP contribution in [0.2, 0.25) is 0 Å². The van der Waals surface area contributed by atoms with Gasteiger partial charge in [-0.2, -0.15) is 4.72 Å². The third kappa shape index (κ3) is 5.26. The maximum Gasteiger partial charge on any atom is 0.241 e. The second kappa shape index (κ2) is 9.77. The van der Waals surface area contributed by atoms with E-state index in [1.807, 2.05) is 56.4 Å². The number of aryl methyl sites for hydroxylation is 1. The van der Waals surface area contributed by atoms with Crippen LogP contribution in [0.5, 0.6) is 0 Å². The number of carbonyl (C=O) groups excluding carboxylic acids is 1. The number of amides is 1. The predicted octanol–water partition coefficient (Wildman–Crippen LogP) is 4.30. The summed E-state index contributed by atoms with van der Waals surface area (Å²) in [7, 11) is -3.85. The van der Waals surface area contributed by atoms with Gasteiger partial charge in [0.05, 0.1) is 4.90 Å². The van der Waals surface area contributed by atoms with Gasteiger partial charge in [-0.05, 0) is 52.8 Å². The number of benzene rings is 3. The molecule has 0 aliphatic heterocycles. The summed E-state index contributed by atoms with van der Waals surface area (Å²) in [5, 5.41) is 5.88. The summed E-state index contributed by atoms with van der Waals surface area (Å²) >= 11 is 0. The van der Waals surface area contributed by atoms with Crippen LogP contribution in [0.25, 0.3) is 21.7 Å². The topological polar surface area (TPSA) is 80.2 Å². The molecule has 0 bridgehead atoms. The number of fused-ring (bicyclic) bond motifs is 2. The maximum absolute atomic E-state index is 13.0. The zero-order valence-electron chi connectivity index (χ0n) is 18.9. The second-order valence-corrected chi connectivity index (χ2v) is 10.3. The molecule has 2 N–H and O–H groups in total. The standard InChI is InChI=1S/C26H29N3O3S/c1-19(2)25(28-33(31,32)23-13-12-20-8-3-4-10-22(20)18-23)26(30)27-15-7-16-29-17-14-21-9-5-6-11-24(21)29/h3-6,8-14,17-19,25,28H,7,15-16H2,1-2H3,(H,27,30)/t25-/m0/s1. The van der Waals surface area contributed by atoms with Gasteiger partial charge in [-0.3, -0.25) is 4.79 Å². The summed E-state index contributed by atoms with van der Waals surface area (Å²) in [5.74, 6) is -0.514. The van der Waals surface area contributed by atoms with E-state index in [-0.39, 0.29) is 16.7 Å². The molecular formula is C26H29N3O3S. The Balaban J connectivity index is 1.38. The first kappa shape index (κ1) is 23.0. The molecule has 0 fully saturated rings. The van der Waals surface area contributed by atoms with E-state index in [1.54, 1.807) is 18.2 Å². The third-order valence-electron chi connectivity index (χ3n) is 5.82. The lowest BCUT2D eigenvalue weighted by Crippen LogP contribution is -2.49. The van der Waals surface area contributed by atoms with Gasteiger partial charge in [0.2, 0.25) is 15.9 Å². The van der Waals surface area contributed by atoms with Crippen molar-refractivity contribution >= 4 is 37.6 Å². The number of aromatic nitrogens is 1. The number of para-hydroxylation sites is 1. The molecule has 172 valence electrons. The van der Waals surface area contributed by atoms with Crippen LogP contribution in [0.3, 0.4) is 0 Å². The summed E-state index contributed by atoms with van der Waals surface area (Å²) in [6.07, 6.45) is 2.79. The van der Waals surface area contributed by atoms with E-state index in [1.165, 1.54) is 5.39 Å². The van der Waals surface area contributed by atoms with Crippen molar-refractivity contribution in [2.45, 2.75) is 37.8 Å². The molecular weight excluding hydrogens is 434 g/mol. The average Bonchev–Trinajstić information content (AvgIpc) is 3.23. The fraction of sp³-hybridized carbons (Fsp3) is 0.269. The highest BCUT2D eigenvalue weighted by molar-refractivity contribution is 7.89. The Morgan fingerprint density at radius 1 is 0.909 bits per heavy atom. The summed E-state index contributed by atoms with van der Waals surface area (Å²) in [4.78, 5) is 13.0. The van der Waals surface area contributed by atoms with Crippen LogP contribution < -0.4 is 10.0 Å². The molecule has 4 rings (SSSR count). The smallest absolute Gasteiger partial charge is 0.241 e. The molecule has 3 aromatic carbocycles. The van der Waals surface area contributed by atoms with Gasteiger partial charge in [0, 0.05) is 24.8 Å². The van der Waals surface area contributed by atoms with E-state index < -0.39 is 16.1 Å². The fourth-order valence-corrected chi connectivity index (χ4v) is 5.35. The molecule has 0 aliphatic carbocycles. The molecule has 0 saturated carbocycles. The molecule has 0 spiro atoms. The third-order valence-corrected chi connectivity index (χ3v) is 7.26. The molecule has 0 unspecified atom stereocenters. The van der Waals surface area contributed by atoms with Gasteiger partial charge in [0.25, 0.3) is 0 Å². The molecule has 7 heteroatoms. The largest absolute Gasteiger partial charge is 0.355 e. The number of hydrogen-bond acceptors (Lipinski definition) is 3. The summed E-state index contributed by atoms with van der Waals surface area (Å²) in [5.41, 5.74) is 1.16. The van der Waals surface area contributed by atoms with Crippen LogP contribution in [-0.2, 0) is 21.4 Å². The highest BCUT2D eigenvalue weighted by Gasteiger charge is 2.28. The highest BCUT2D eigenvalue weighted by atomic mass is 32.2. The maximum atomic E-state index is 13.0. The Morgan fingerprint density at radius 3 is 2.36 bits per heavy atom. The quantitative estimate of drug-likeness (QED) is 0.363. The minimum Gasteiger partial charge on any atom is -0.355 e. The van der Waals surface area contributed by atoms with Gasteiger partial charge in [0.15, 0.2) is 0 Å². The van der Waals surface area contributed by atoms with Crippen molar-refractivity contribution in [3.05, 3.63) is 79.0 Å². The Labute approximate surface area is 194 Å². The zero-order valence-corrected chi connectivity index (χ0v) is 19.7. The molecule has 1 aromatic heterocycles. The number of nitrogens with one attached hydrogen (secondary N) is 2. The number of carbonyl (C=O) groups is 1. The second-order valence-electron chi connectivity index (χ2n) is 8.56. The van der Waals surface area contributed by atoms with E-state index in [4.69, 9.17) is 0 Å². The molecule has 1 amide bonds. The first-order valence-electron chi connectivity index (χ1n) is 11.2. The lowest BCUT2D eigenvalue weighted by molar-refractivity contribution is -0.123. The van der Waals surface area contributed by atoms with Crippen LogP contribution in [0.1, 0.15) is 20.3 Å². The van der Waals surface area contributed by atoms with Gasteiger partial charge in [-0.15, -0.1) is 0 Å². The molecule has 0 saturated heterocycles. The predicted molar refractivity (Wildman–Crippen MR) is 132 cm³/mol. The SMILES string of the molecule is CC(C)[C@H](NS(=O)(=O)c1ccc2ccccc2c1)C(=O)NCCCn1ccc2ccccc21. The zero-order chi connectivity index (χ0) is 23.4. The van der Waals surface area contributed by atoms with Gasteiger partial charge in [0.1, 0.15) is 6.04 Å². The van der Waals surface area contributed by atoms with E-state index in [9.17, 15) is 13.2 Å². The minimum atomic E-state index is -3.85. The summed E-state index contributed by atoms with van der Waals surface area (Å²) in [6, 6.07) is 21.9. The van der Waals surface area contributed by atoms with Gasteiger partial charge in [-0.25, -0.2) is 8.42 Å².